The number of carbonyl (C=O) groups excluding carboxylic acids is 1. The quantitative estimate of drug-likeness (QED) is 0.689. The second kappa shape index (κ2) is 10.1. The molecular weight excluding hydrogens is 292 g/mol. The highest BCUT2D eigenvalue weighted by atomic mass is 16.5. The molecule has 0 aromatic rings. The van der Waals surface area contributed by atoms with Gasteiger partial charge in [0.15, 0.2) is 0 Å². The highest BCUT2D eigenvalue weighted by Crippen LogP contribution is 2.15. The van der Waals surface area contributed by atoms with Gasteiger partial charge in [-0.25, -0.2) is 4.79 Å². The molecule has 6 heteroatoms. The number of carbonyl (C=O) groups is 1. The monoisotopic (exact) mass is 326 g/mol. The van der Waals surface area contributed by atoms with Crippen molar-refractivity contribution in [3.8, 4) is 0 Å². The molecule has 2 N–H and O–H groups in total. The fourth-order valence-corrected chi connectivity index (χ4v) is 3.28. The highest BCUT2D eigenvalue weighted by Gasteiger charge is 2.16. The van der Waals surface area contributed by atoms with E-state index >= 15 is 0 Å². The van der Waals surface area contributed by atoms with Gasteiger partial charge < -0.3 is 20.3 Å². The third-order valence-electron chi connectivity index (χ3n) is 4.83. The Morgan fingerprint density at radius 2 is 1.87 bits per heavy atom. The van der Waals surface area contributed by atoms with Crippen LogP contribution in [-0.4, -0.2) is 80.9 Å². The number of nitrogens with one attached hydrogen (secondary N) is 2. The lowest BCUT2D eigenvalue weighted by Gasteiger charge is -2.30. The zero-order valence-corrected chi connectivity index (χ0v) is 14.9. The average molecular weight is 326 g/mol. The standard InChI is InChI=1S/C17H34N4O2/c1-15-4-8-20(9-5-15)7-3-6-18-17(22)19-16(2)14-21-10-12-23-13-11-21/h15-16H,3-14H2,1-2H3,(H2,18,19,22). The summed E-state index contributed by atoms with van der Waals surface area (Å²) in [6.07, 6.45) is 3.65. The summed E-state index contributed by atoms with van der Waals surface area (Å²) in [6.45, 7) is 13.1. The van der Waals surface area contributed by atoms with Crippen LogP contribution in [0.3, 0.4) is 0 Å². The van der Waals surface area contributed by atoms with Crippen molar-refractivity contribution >= 4 is 6.03 Å². The summed E-state index contributed by atoms with van der Waals surface area (Å²) in [5.41, 5.74) is 0. The number of hydrogen-bond acceptors (Lipinski definition) is 4. The minimum absolute atomic E-state index is 0.0435. The number of nitrogens with zero attached hydrogens (tertiary/aromatic N) is 2. The first-order valence-corrected chi connectivity index (χ1v) is 9.20. The molecule has 2 rings (SSSR count). The van der Waals surface area contributed by atoms with Crippen molar-refractivity contribution in [1.29, 1.82) is 0 Å². The van der Waals surface area contributed by atoms with E-state index < -0.39 is 0 Å². The number of likely N-dealkylation sites (tertiary alicyclic amines) is 1. The van der Waals surface area contributed by atoms with Crippen molar-refractivity contribution in [2.45, 2.75) is 39.2 Å². The van der Waals surface area contributed by atoms with Gasteiger partial charge in [-0.05, 0) is 51.7 Å². The van der Waals surface area contributed by atoms with E-state index in [4.69, 9.17) is 4.74 Å². The molecule has 0 saturated carbocycles. The molecule has 0 spiro atoms. The maximum absolute atomic E-state index is 11.9. The normalized spacial score (nSPS) is 22.7. The second-order valence-electron chi connectivity index (χ2n) is 7.09. The van der Waals surface area contributed by atoms with Gasteiger partial charge in [-0.2, -0.15) is 0 Å². The van der Waals surface area contributed by atoms with E-state index in [0.717, 1.165) is 58.3 Å². The molecule has 2 aliphatic rings. The number of rotatable bonds is 7. The van der Waals surface area contributed by atoms with Gasteiger partial charge in [-0.15, -0.1) is 0 Å². The van der Waals surface area contributed by atoms with Crippen LogP contribution >= 0.6 is 0 Å². The van der Waals surface area contributed by atoms with Crippen molar-refractivity contribution in [1.82, 2.24) is 20.4 Å². The molecule has 2 aliphatic heterocycles. The van der Waals surface area contributed by atoms with Crippen LogP contribution in [-0.2, 0) is 4.74 Å². The first-order chi connectivity index (χ1) is 11.1. The van der Waals surface area contributed by atoms with Gasteiger partial charge >= 0.3 is 6.03 Å². The number of amides is 2. The summed E-state index contributed by atoms with van der Waals surface area (Å²) in [5.74, 6) is 0.878. The number of morpholine rings is 1. The molecule has 0 radical (unpaired) electrons. The van der Waals surface area contributed by atoms with E-state index in [1.165, 1.54) is 25.9 Å². The van der Waals surface area contributed by atoms with E-state index in [9.17, 15) is 4.79 Å². The number of hydrogen-bond donors (Lipinski definition) is 2. The number of piperidine rings is 1. The predicted octanol–water partition coefficient (Wildman–Crippen LogP) is 1.13. The van der Waals surface area contributed by atoms with Crippen LogP contribution in [0.15, 0.2) is 0 Å². The van der Waals surface area contributed by atoms with Gasteiger partial charge in [0, 0.05) is 32.2 Å². The summed E-state index contributed by atoms with van der Waals surface area (Å²) in [4.78, 5) is 16.8. The molecule has 0 aromatic carbocycles. The molecule has 1 unspecified atom stereocenters. The third kappa shape index (κ3) is 7.50. The second-order valence-corrected chi connectivity index (χ2v) is 7.09. The van der Waals surface area contributed by atoms with Gasteiger partial charge in [0.05, 0.1) is 13.2 Å². The van der Waals surface area contributed by atoms with Crippen LogP contribution in [0, 0.1) is 5.92 Å². The largest absolute Gasteiger partial charge is 0.379 e. The van der Waals surface area contributed by atoms with Crippen LogP contribution in [0.1, 0.15) is 33.1 Å². The molecule has 0 bridgehead atoms. The molecule has 6 nitrogen and oxygen atoms in total. The molecule has 1 atom stereocenters. The summed E-state index contributed by atoms with van der Waals surface area (Å²) in [5, 5.41) is 6.00. The Hall–Kier alpha value is -0.850. The molecule has 2 amide bonds. The Labute approximate surface area is 140 Å². The van der Waals surface area contributed by atoms with E-state index in [0.29, 0.717) is 0 Å². The molecule has 2 fully saturated rings. The smallest absolute Gasteiger partial charge is 0.315 e. The lowest BCUT2D eigenvalue weighted by molar-refractivity contribution is 0.0349. The van der Waals surface area contributed by atoms with E-state index in [1.54, 1.807) is 0 Å². The SMILES string of the molecule is CC1CCN(CCCNC(=O)NC(C)CN2CCOCC2)CC1. The maximum atomic E-state index is 11.9. The Kier molecular flexibility index (Phi) is 8.12. The first-order valence-electron chi connectivity index (χ1n) is 9.20. The van der Waals surface area contributed by atoms with Gasteiger partial charge in [0.1, 0.15) is 0 Å². The van der Waals surface area contributed by atoms with E-state index in [1.807, 2.05) is 0 Å². The van der Waals surface area contributed by atoms with Crippen molar-refractivity contribution in [2.24, 2.45) is 5.92 Å². The van der Waals surface area contributed by atoms with Crippen molar-refractivity contribution in [3.63, 3.8) is 0 Å². The Balaban J connectivity index is 1.49. The van der Waals surface area contributed by atoms with Gasteiger partial charge in [0.25, 0.3) is 0 Å². The lowest BCUT2D eigenvalue weighted by atomic mass is 9.99. The van der Waals surface area contributed by atoms with Crippen molar-refractivity contribution in [3.05, 3.63) is 0 Å². The minimum Gasteiger partial charge on any atom is -0.379 e. The molecule has 134 valence electrons. The summed E-state index contributed by atoms with van der Waals surface area (Å²) in [6, 6.07) is 0.120. The lowest BCUT2D eigenvalue weighted by Crippen LogP contribution is -2.48. The molecule has 2 saturated heterocycles. The Morgan fingerprint density at radius 1 is 1.17 bits per heavy atom. The van der Waals surface area contributed by atoms with Crippen LogP contribution in [0.2, 0.25) is 0 Å². The van der Waals surface area contributed by atoms with Crippen molar-refractivity contribution < 1.29 is 9.53 Å². The topological polar surface area (TPSA) is 56.8 Å². The van der Waals surface area contributed by atoms with E-state index in [-0.39, 0.29) is 12.1 Å². The molecule has 0 aromatic heterocycles. The molecular formula is C17H34N4O2. The van der Waals surface area contributed by atoms with Gasteiger partial charge in [0.2, 0.25) is 0 Å². The first kappa shape index (κ1) is 18.5. The number of ether oxygens (including phenoxy) is 1. The van der Waals surface area contributed by atoms with Gasteiger partial charge in [-0.3, -0.25) is 4.90 Å². The minimum atomic E-state index is -0.0435. The fourth-order valence-electron chi connectivity index (χ4n) is 3.28. The molecule has 2 heterocycles. The number of urea groups is 1. The Bertz CT molecular complexity index is 339. The van der Waals surface area contributed by atoms with Crippen LogP contribution in [0.5, 0.6) is 0 Å². The predicted molar refractivity (Wildman–Crippen MR) is 92.7 cm³/mol. The Morgan fingerprint density at radius 3 is 2.57 bits per heavy atom. The summed E-state index contributed by atoms with van der Waals surface area (Å²) in [7, 11) is 0. The zero-order chi connectivity index (χ0) is 16.5. The average Bonchev–Trinajstić information content (AvgIpc) is 2.54. The van der Waals surface area contributed by atoms with Crippen molar-refractivity contribution in [2.75, 3.05) is 59.0 Å². The molecule has 0 aliphatic carbocycles. The summed E-state index contributed by atoms with van der Waals surface area (Å²) < 4.78 is 5.34. The maximum Gasteiger partial charge on any atom is 0.315 e. The van der Waals surface area contributed by atoms with Crippen LogP contribution in [0.25, 0.3) is 0 Å². The fraction of sp³-hybridized carbons (Fsp3) is 0.941. The zero-order valence-electron chi connectivity index (χ0n) is 14.9. The molecule has 23 heavy (non-hydrogen) atoms. The highest BCUT2D eigenvalue weighted by molar-refractivity contribution is 5.74. The van der Waals surface area contributed by atoms with Crippen LogP contribution in [0.4, 0.5) is 4.79 Å². The van der Waals surface area contributed by atoms with E-state index in [2.05, 4.69) is 34.3 Å². The van der Waals surface area contributed by atoms with Crippen LogP contribution < -0.4 is 10.6 Å². The third-order valence-corrected chi connectivity index (χ3v) is 4.83. The van der Waals surface area contributed by atoms with Gasteiger partial charge in [-0.1, -0.05) is 6.92 Å². The summed E-state index contributed by atoms with van der Waals surface area (Å²) >= 11 is 0.